The molecule has 0 aliphatic rings. The Morgan fingerprint density at radius 2 is 1.14 bits per heavy atom. The summed E-state index contributed by atoms with van der Waals surface area (Å²) in [5, 5.41) is 8.99. The molecule has 0 bridgehead atoms. The molecule has 0 spiro atoms. The average molecular weight is 397 g/mol. The summed E-state index contributed by atoms with van der Waals surface area (Å²) in [5.41, 5.74) is 0.427. The SMILES string of the molecule is COc1ccc(OP(=O)(Oc2ccc(OC)cc2)[n+]2ccc(C#N)cc2)cc1. The molecule has 0 fully saturated rings. The van der Waals surface area contributed by atoms with Crippen LogP contribution in [0.1, 0.15) is 5.56 Å². The topological polar surface area (TPSA) is 81.7 Å². The van der Waals surface area contributed by atoms with E-state index in [0.29, 0.717) is 28.6 Å². The van der Waals surface area contributed by atoms with Gasteiger partial charge in [-0.15, -0.1) is 0 Å². The third-order valence-electron chi connectivity index (χ3n) is 3.79. The zero-order valence-electron chi connectivity index (χ0n) is 15.3. The number of methoxy groups -OCH3 is 2. The van der Waals surface area contributed by atoms with E-state index in [1.54, 1.807) is 62.8 Å². The first-order chi connectivity index (χ1) is 13.6. The molecule has 2 aromatic carbocycles. The molecule has 0 radical (unpaired) electrons. The van der Waals surface area contributed by atoms with Crippen molar-refractivity contribution in [2.75, 3.05) is 14.2 Å². The number of ether oxygens (including phenoxy) is 2. The second-order valence-corrected chi connectivity index (χ2v) is 7.34. The molecular weight excluding hydrogens is 379 g/mol. The lowest BCUT2D eigenvalue weighted by Gasteiger charge is -2.14. The molecule has 3 rings (SSSR count). The molecule has 1 aromatic heterocycles. The summed E-state index contributed by atoms with van der Waals surface area (Å²) in [4.78, 5) is 0. The molecule has 7 nitrogen and oxygen atoms in total. The van der Waals surface area contributed by atoms with E-state index < -0.39 is 7.75 Å². The summed E-state index contributed by atoms with van der Waals surface area (Å²) in [6.07, 6.45) is 2.96. The summed E-state index contributed by atoms with van der Waals surface area (Å²) in [6, 6.07) is 18.4. The lowest BCUT2D eigenvalue weighted by molar-refractivity contribution is -0.536. The minimum atomic E-state index is -3.87. The van der Waals surface area contributed by atoms with Gasteiger partial charge in [-0.25, -0.2) is 0 Å². The highest BCUT2D eigenvalue weighted by atomic mass is 31.2. The van der Waals surface area contributed by atoms with Crippen LogP contribution in [0.25, 0.3) is 0 Å². The fourth-order valence-corrected chi connectivity index (χ4v) is 3.77. The predicted octanol–water partition coefficient (Wildman–Crippen LogP) is 3.98. The average Bonchev–Trinajstić information content (AvgIpc) is 2.75. The number of nitrogens with zero attached hydrogens (tertiary/aromatic N) is 2. The summed E-state index contributed by atoms with van der Waals surface area (Å²) in [6.45, 7) is 0. The van der Waals surface area contributed by atoms with Gasteiger partial charge in [0.25, 0.3) is 0 Å². The Kier molecular flexibility index (Phi) is 5.83. The Hall–Kier alpha value is -3.49. The Bertz CT molecular complexity index is 959. The smallest absolute Gasteiger partial charge is 0.497 e. The quantitative estimate of drug-likeness (QED) is 0.561. The van der Waals surface area contributed by atoms with Crippen molar-refractivity contribution < 1.29 is 27.4 Å². The minimum Gasteiger partial charge on any atom is -0.497 e. The summed E-state index contributed by atoms with van der Waals surface area (Å²) < 4.78 is 36.7. The van der Waals surface area contributed by atoms with Crippen molar-refractivity contribution >= 4 is 7.75 Å². The van der Waals surface area contributed by atoms with Crippen LogP contribution >= 0.6 is 7.75 Å². The van der Waals surface area contributed by atoms with E-state index in [9.17, 15) is 4.57 Å². The maximum absolute atomic E-state index is 13.6. The first kappa shape index (κ1) is 19.3. The van der Waals surface area contributed by atoms with Gasteiger partial charge in [0.05, 0.1) is 25.9 Å². The van der Waals surface area contributed by atoms with Gasteiger partial charge in [-0.05, 0) is 48.5 Å². The highest BCUT2D eigenvalue weighted by molar-refractivity contribution is 7.47. The van der Waals surface area contributed by atoms with Crippen LogP contribution < -0.4 is 22.9 Å². The molecule has 1 heterocycles. The largest absolute Gasteiger partial charge is 0.728 e. The van der Waals surface area contributed by atoms with Gasteiger partial charge in [-0.3, -0.25) is 0 Å². The van der Waals surface area contributed by atoms with Crippen LogP contribution in [0.2, 0.25) is 0 Å². The van der Waals surface area contributed by atoms with Crippen LogP contribution in [0.4, 0.5) is 0 Å². The molecule has 0 unspecified atom stereocenters. The second-order valence-electron chi connectivity index (χ2n) is 5.58. The summed E-state index contributed by atoms with van der Waals surface area (Å²) in [5.74, 6) is 1.97. The van der Waals surface area contributed by atoms with Crippen LogP contribution in [0.15, 0.2) is 73.1 Å². The van der Waals surface area contributed by atoms with E-state index in [1.807, 2.05) is 6.07 Å². The Morgan fingerprint density at radius 1 is 0.750 bits per heavy atom. The van der Waals surface area contributed by atoms with Crippen molar-refractivity contribution in [3.8, 4) is 29.1 Å². The standard InChI is InChI=1S/C20H18N2O5P/c1-24-17-3-7-19(8-4-17)26-28(23,22-13-11-16(15-21)12-14-22)27-20-9-5-18(25-2)6-10-20/h3-14H,1-2H3/q+1. The number of nitriles is 1. The van der Waals surface area contributed by atoms with Crippen LogP contribution in [0, 0.1) is 11.3 Å². The van der Waals surface area contributed by atoms with Crippen molar-refractivity contribution in [2.45, 2.75) is 0 Å². The fraction of sp³-hybridized carbons (Fsp3) is 0.100. The Balaban J connectivity index is 1.95. The van der Waals surface area contributed by atoms with Crippen molar-refractivity contribution in [2.24, 2.45) is 0 Å². The van der Waals surface area contributed by atoms with Gasteiger partial charge in [-0.2, -0.15) is 9.83 Å². The highest BCUT2D eigenvalue weighted by Crippen LogP contribution is 2.44. The maximum Gasteiger partial charge on any atom is 0.728 e. The monoisotopic (exact) mass is 397 g/mol. The fourth-order valence-electron chi connectivity index (χ4n) is 2.31. The van der Waals surface area contributed by atoms with Crippen LogP contribution in [-0.4, -0.2) is 14.2 Å². The normalized spacial score (nSPS) is 10.6. The van der Waals surface area contributed by atoms with Crippen molar-refractivity contribution in [1.29, 1.82) is 5.26 Å². The predicted molar refractivity (Wildman–Crippen MR) is 102 cm³/mol. The number of pyridine rings is 1. The minimum absolute atomic E-state index is 0.342. The molecule has 0 atom stereocenters. The van der Waals surface area contributed by atoms with Gasteiger partial charge in [0, 0.05) is 12.1 Å². The third-order valence-corrected chi connectivity index (χ3v) is 5.50. The van der Waals surface area contributed by atoms with E-state index in [0.717, 1.165) is 0 Å². The Labute approximate surface area is 162 Å². The van der Waals surface area contributed by atoms with Crippen molar-refractivity contribution in [3.63, 3.8) is 0 Å². The first-order valence-corrected chi connectivity index (χ1v) is 9.75. The molecule has 8 heteroatoms. The number of hydrogen-bond acceptors (Lipinski definition) is 6. The Morgan fingerprint density at radius 3 is 1.50 bits per heavy atom. The maximum atomic E-state index is 13.6. The lowest BCUT2D eigenvalue weighted by Crippen LogP contribution is -2.35. The second kappa shape index (κ2) is 8.47. The van der Waals surface area contributed by atoms with Crippen LogP contribution in [0.3, 0.4) is 0 Å². The molecule has 0 aliphatic heterocycles. The van der Waals surface area contributed by atoms with Gasteiger partial charge >= 0.3 is 7.75 Å². The molecule has 0 saturated carbocycles. The number of aromatic nitrogens is 1. The molecule has 0 N–H and O–H groups in total. The molecule has 3 aromatic rings. The van der Waals surface area contributed by atoms with E-state index in [1.165, 1.54) is 28.9 Å². The van der Waals surface area contributed by atoms with Gasteiger partial charge < -0.3 is 18.5 Å². The summed E-state index contributed by atoms with van der Waals surface area (Å²) >= 11 is 0. The molecule has 0 saturated heterocycles. The van der Waals surface area contributed by atoms with Gasteiger partial charge in [0.15, 0.2) is 12.4 Å². The van der Waals surface area contributed by atoms with Crippen molar-refractivity contribution in [3.05, 3.63) is 78.6 Å². The van der Waals surface area contributed by atoms with Crippen LogP contribution in [-0.2, 0) is 4.57 Å². The van der Waals surface area contributed by atoms with Gasteiger partial charge in [0.2, 0.25) is 0 Å². The van der Waals surface area contributed by atoms with Gasteiger partial charge in [-0.1, -0.05) is 4.34 Å². The molecule has 28 heavy (non-hydrogen) atoms. The summed E-state index contributed by atoms with van der Waals surface area (Å²) in [7, 11) is -0.756. The van der Waals surface area contributed by atoms with Gasteiger partial charge in [0.1, 0.15) is 23.0 Å². The van der Waals surface area contributed by atoms with E-state index in [2.05, 4.69) is 0 Å². The first-order valence-electron chi connectivity index (χ1n) is 8.26. The van der Waals surface area contributed by atoms with E-state index >= 15 is 0 Å². The zero-order valence-corrected chi connectivity index (χ0v) is 16.2. The van der Waals surface area contributed by atoms with E-state index in [4.69, 9.17) is 23.8 Å². The van der Waals surface area contributed by atoms with E-state index in [-0.39, 0.29) is 0 Å². The molecule has 142 valence electrons. The molecule has 0 aliphatic carbocycles. The number of hydrogen-bond donors (Lipinski definition) is 0. The zero-order chi connectivity index (χ0) is 20.0. The number of rotatable bonds is 7. The van der Waals surface area contributed by atoms with Crippen LogP contribution in [0.5, 0.6) is 23.0 Å². The highest BCUT2D eigenvalue weighted by Gasteiger charge is 2.42. The third kappa shape index (κ3) is 4.43. The number of benzene rings is 2. The lowest BCUT2D eigenvalue weighted by atomic mass is 10.3. The van der Waals surface area contributed by atoms with Crippen molar-refractivity contribution in [1.82, 2.24) is 0 Å². The molecule has 0 amide bonds. The molecular formula is C20H18N2O5P+.